The minimum absolute atomic E-state index is 0. The van der Waals surface area contributed by atoms with E-state index in [0.29, 0.717) is 17.1 Å². The van der Waals surface area contributed by atoms with Crippen LogP contribution in [-0.4, -0.2) is 32.7 Å². The maximum Gasteiger partial charge on any atom is 3.00 e. The summed E-state index contributed by atoms with van der Waals surface area (Å²) in [6.07, 6.45) is 0. The van der Waals surface area contributed by atoms with Crippen molar-refractivity contribution < 1.29 is 49.2 Å². The first-order valence-corrected chi connectivity index (χ1v) is 13.5. The Balaban J connectivity index is 0.000000653. The Bertz CT molecular complexity index is 1410. The number of aliphatic hydroxyl groups excluding tert-OH is 3. The van der Waals surface area contributed by atoms with E-state index in [1.807, 2.05) is 54.6 Å². The van der Waals surface area contributed by atoms with Crippen LogP contribution >= 0.6 is 0 Å². The van der Waals surface area contributed by atoms with Gasteiger partial charge in [0.15, 0.2) is 34.4 Å². The summed E-state index contributed by atoms with van der Waals surface area (Å²) in [7, 11) is 0. The molecule has 0 aromatic heterocycles. The van der Waals surface area contributed by atoms with E-state index >= 15 is 0 Å². The van der Waals surface area contributed by atoms with Crippen molar-refractivity contribution in [2.24, 2.45) is 30.7 Å². The van der Waals surface area contributed by atoms with Gasteiger partial charge in [0.05, 0.1) is 17.1 Å². The van der Waals surface area contributed by atoms with E-state index in [9.17, 15) is 14.4 Å². The average Bonchev–Trinajstić information content (AvgIpc) is 2.99. The van der Waals surface area contributed by atoms with Crippen LogP contribution in [0.25, 0.3) is 0 Å². The molecule has 3 rings (SSSR count). The van der Waals surface area contributed by atoms with Crippen molar-refractivity contribution in [3.63, 3.8) is 0 Å². The molecule has 0 saturated heterocycles. The van der Waals surface area contributed by atoms with Crippen molar-refractivity contribution >= 4 is 34.4 Å². The maximum atomic E-state index is 11.0. The van der Waals surface area contributed by atoms with Crippen LogP contribution in [0.2, 0.25) is 0 Å². The van der Waals surface area contributed by atoms with Gasteiger partial charge in [0, 0.05) is 20.8 Å². The number of nitrogens with zero attached hydrogens (tertiary/aromatic N) is 6. The van der Waals surface area contributed by atoms with Gasteiger partial charge < -0.3 is 15.3 Å². The number of rotatable bonds is 9. The molecule has 239 valence electrons. The van der Waals surface area contributed by atoms with Gasteiger partial charge in [-0.3, -0.25) is 14.4 Å². The number of allylic oxidation sites excluding steroid dienone is 6. The molecule has 13 heteroatoms. The van der Waals surface area contributed by atoms with Crippen molar-refractivity contribution in [3.05, 3.63) is 125 Å². The number of hydrogen-bond acceptors (Lipinski definition) is 12. The summed E-state index contributed by atoms with van der Waals surface area (Å²) in [4.78, 5) is 33.1. The summed E-state index contributed by atoms with van der Waals surface area (Å²) in [5.41, 5.74) is 1.86. The first kappa shape index (κ1) is 40.7. The number of carbonyl (C=O) groups excluding carboxylic acids is 3. The molecule has 1 radical (unpaired) electrons. The fourth-order valence-electron chi connectivity index (χ4n) is 3.00. The SMILES string of the molecule is CC(=O)/C(N=Nc1ccccc1)=C(/C)O.CC(=O)/C(N=Nc1ccccc1)=C(/C)O.CC(=O)/C(N=Nc1ccccc1)=C(/C)O.[Ru+3]. The summed E-state index contributed by atoms with van der Waals surface area (Å²) >= 11 is 0. The zero-order chi connectivity index (χ0) is 33.8. The minimum atomic E-state index is -0.310. The van der Waals surface area contributed by atoms with Gasteiger partial charge in [-0.25, -0.2) is 0 Å². The largest absolute Gasteiger partial charge is 3.00 e. The van der Waals surface area contributed by atoms with Crippen molar-refractivity contribution in [2.75, 3.05) is 0 Å². The van der Waals surface area contributed by atoms with E-state index in [4.69, 9.17) is 15.3 Å². The molecule has 0 aliphatic rings. The van der Waals surface area contributed by atoms with Gasteiger partial charge in [0.25, 0.3) is 0 Å². The topological polar surface area (TPSA) is 186 Å². The first-order valence-electron chi connectivity index (χ1n) is 13.5. The van der Waals surface area contributed by atoms with Crippen molar-refractivity contribution in [2.45, 2.75) is 41.5 Å². The number of Topliss-reactive ketones (excluding diaryl/α,β-unsaturated/α-hetero) is 3. The van der Waals surface area contributed by atoms with Crippen LogP contribution in [0, 0.1) is 0 Å². The van der Waals surface area contributed by atoms with Crippen LogP contribution < -0.4 is 0 Å². The van der Waals surface area contributed by atoms with E-state index in [2.05, 4.69) is 30.7 Å². The molecular formula is C33H36N6O6Ru+3. The molecule has 0 bridgehead atoms. The van der Waals surface area contributed by atoms with Crippen molar-refractivity contribution in [3.8, 4) is 0 Å². The Morgan fingerprint density at radius 3 is 0.761 bits per heavy atom. The molecule has 0 fully saturated rings. The van der Waals surface area contributed by atoms with Crippen LogP contribution in [0.15, 0.2) is 156 Å². The van der Waals surface area contributed by atoms with E-state index in [1.54, 1.807) is 36.4 Å². The zero-order valence-electron chi connectivity index (χ0n) is 26.3. The number of ketones is 3. The third kappa shape index (κ3) is 16.5. The monoisotopic (exact) mass is 714 g/mol. The quantitative estimate of drug-likeness (QED) is 0.0857. The number of hydrogen-bond donors (Lipinski definition) is 3. The van der Waals surface area contributed by atoms with Crippen LogP contribution in [0.4, 0.5) is 17.1 Å². The average molecular weight is 714 g/mol. The van der Waals surface area contributed by atoms with Crippen LogP contribution in [0.1, 0.15) is 41.5 Å². The van der Waals surface area contributed by atoms with E-state index in [1.165, 1.54) is 41.5 Å². The Morgan fingerprint density at radius 2 is 0.609 bits per heavy atom. The van der Waals surface area contributed by atoms with Gasteiger partial charge >= 0.3 is 19.5 Å². The maximum absolute atomic E-state index is 11.0. The molecule has 0 amide bonds. The third-order valence-electron chi connectivity index (χ3n) is 5.09. The molecule has 0 unspecified atom stereocenters. The normalized spacial score (nSPS) is 12.4. The zero-order valence-corrected chi connectivity index (χ0v) is 28.0. The number of benzene rings is 3. The van der Waals surface area contributed by atoms with Gasteiger partial charge in [-0.05, 0) is 57.2 Å². The van der Waals surface area contributed by atoms with Crippen molar-refractivity contribution in [1.82, 2.24) is 0 Å². The second-order valence-corrected chi connectivity index (χ2v) is 9.08. The standard InChI is InChI=1S/3C11H12N2O2.Ru/c3*1-8(14)11(9(2)15)13-12-10-6-4-3-5-7-10;/h3*3-7,14H,1-2H3;/q;;;+3/b3*11-8+,13-12?;. The first-order chi connectivity index (χ1) is 21.3. The van der Waals surface area contributed by atoms with Crippen LogP contribution in [0.5, 0.6) is 0 Å². The number of azo groups is 3. The summed E-state index contributed by atoms with van der Waals surface area (Å²) in [5.74, 6) is -1.30. The van der Waals surface area contributed by atoms with Crippen LogP contribution in [0.3, 0.4) is 0 Å². The Kier molecular flexibility index (Phi) is 19.7. The van der Waals surface area contributed by atoms with Gasteiger partial charge in [-0.15, -0.1) is 15.3 Å². The molecule has 12 nitrogen and oxygen atoms in total. The minimum Gasteiger partial charge on any atom is -0.510 e. The second-order valence-electron chi connectivity index (χ2n) is 9.08. The molecule has 3 N–H and O–H groups in total. The fourth-order valence-corrected chi connectivity index (χ4v) is 3.00. The van der Waals surface area contributed by atoms with Gasteiger partial charge in [0.1, 0.15) is 17.3 Å². The molecule has 3 aromatic carbocycles. The molecule has 0 heterocycles. The van der Waals surface area contributed by atoms with E-state index in [-0.39, 0.29) is 71.2 Å². The smallest absolute Gasteiger partial charge is 0.510 e. The Labute approximate surface area is 280 Å². The van der Waals surface area contributed by atoms with Gasteiger partial charge in [0.2, 0.25) is 0 Å². The van der Waals surface area contributed by atoms with E-state index < -0.39 is 0 Å². The van der Waals surface area contributed by atoms with Gasteiger partial charge in [-0.2, -0.15) is 15.3 Å². The summed E-state index contributed by atoms with van der Waals surface area (Å²) < 4.78 is 0. The van der Waals surface area contributed by atoms with E-state index in [0.717, 1.165) is 0 Å². The number of aliphatic hydroxyl groups is 3. The predicted octanol–water partition coefficient (Wildman–Crippen LogP) is 9.44. The Morgan fingerprint density at radius 1 is 0.413 bits per heavy atom. The second kappa shape index (κ2) is 22.3. The summed E-state index contributed by atoms with van der Waals surface area (Å²) in [6, 6.07) is 27.0. The molecule has 0 aliphatic carbocycles. The summed E-state index contributed by atoms with van der Waals surface area (Å²) in [6.45, 7) is 8.21. The van der Waals surface area contributed by atoms with Crippen molar-refractivity contribution in [1.29, 1.82) is 0 Å². The van der Waals surface area contributed by atoms with Gasteiger partial charge in [-0.1, -0.05) is 54.6 Å². The fraction of sp³-hybridized carbons (Fsp3) is 0.182. The molecule has 46 heavy (non-hydrogen) atoms. The molecule has 3 aromatic rings. The van der Waals surface area contributed by atoms with Crippen LogP contribution in [-0.2, 0) is 33.9 Å². The predicted molar refractivity (Wildman–Crippen MR) is 171 cm³/mol. The Hall–Kier alpha value is -5.29. The molecule has 0 atom stereocenters. The molecular weight excluding hydrogens is 677 g/mol. The summed E-state index contributed by atoms with van der Waals surface area (Å²) in [5, 5.41) is 50.1. The molecule has 0 saturated carbocycles. The molecule has 0 aliphatic heterocycles. The third-order valence-corrected chi connectivity index (χ3v) is 5.09. The number of carbonyl (C=O) groups is 3. The molecule has 0 spiro atoms.